The maximum Gasteiger partial charge on any atom is 0.310 e. The first-order chi connectivity index (χ1) is 12.5. The van der Waals surface area contributed by atoms with Gasteiger partial charge >= 0.3 is 5.97 Å². The minimum absolute atomic E-state index is 0.185. The van der Waals surface area contributed by atoms with E-state index >= 15 is 0 Å². The lowest BCUT2D eigenvalue weighted by Crippen LogP contribution is -2.31. The molecule has 0 saturated carbocycles. The van der Waals surface area contributed by atoms with Crippen molar-refractivity contribution < 1.29 is 14.3 Å². The highest BCUT2D eigenvalue weighted by molar-refractivity contribution is 6.30. The predicted octanol–water partition coefficient (Wildman–Crippen LogP) is 3.79. The number of amides is 1. The third kappa shape index (κ3) is 4.85. The molecule has 26 heavy (non-hydrogen) atoms. The summed E-state index contributed by atoms with van der Waals surface area (Å²) in [5, 5.41) is 3.42. The fourth-order valence-corrected chi connectivity index (χ4v) is 3.44. The molecule has 0 radical (unpaired) electrons. The van der Waals surface area contributed by atoms with Crippen LogP contribution in [0.5, 0.6) is 0 Å². The summed E-state index contributed by atoms with van der Waals surface area (Å²) in [5.41, 5.74) is 4.53. The molecule has 136 valence electrons. The first-order valence-electron chi connectivity index (χ1n) is 8.82. The van der Waals surface area contributed by atoms with Crippen LogP contribution in [0.25, 0.3) is 0 Å². The number of esters is 1. The van der Waals surface area contributed by atoms with Crippen molar-refractivity contribution >= 4 is 23.5 Å². The van der Waals surface area contributed by atoms with E-state index in [1.807, 2.05) is 25.1 Å². The number of ether oxygens (including phenoxy) is 1. The number of halogens is 1. The van der Waals surface area contributed by atoms with Crippen molar-refractivity contribution in [1.82, 2.24) is 5.32 Å². The smallest absolute Gasteiger partial charge is 0.310 e. The second-order valence-electron chi connectivity index (χ2n) is 6.64. The molecule has 1 atom stereocenters. The molecule has 2 aromatic rings. The van der Waals surface area contributed by atoms with Crippen LogP contribution in [-0.4, -0.2) is 18.5 Å². The fraction of sp³-hybridized carbons (Fsp3) is 0.333. The average Bonchev–Trinajstić information content (AvgIpc) is 3.07. The summed E-state index contributed by atoms with van der Waals surface area (Å²) in [6, 6.07) is 13.2. The van der Waals surface area contributed by atoms with E-state index in [1.54, 1.807) is 12.1 Å². The van der Waals surface area contributed by atoms with Gasteiger partial charge in [0.1, 0.15) is 0 Å². The first kappa shape index (κ1) is 18.5. The summed E-state index contributed by atoms with van der Waals surface area (Å²) in [4.78, 5) is 24.0. The Morgan fingerprint density at radius 2 is 1.96 bits per heavy atom. The first-order valence-corrected chi connectivity index (χ1v) is 9.20. The summed E-state index contributed by atoms with van der Waals surface area (Å²) in [5.74, 6) is -0.728. The van der Waals surface area contributed by atoms with Gasteiger partial charge in [-0.15, -0.1) is 0 Å². The van der Waals surface area contributed by atoms with Gasteiger partial charge in [0.05, 0.1) is 12.5 Å². The Hall–Kier alpha value is -2.33. The molecule has 4 nitrogen and oxygen atoms in total. The second-order valence-corrected chi connectivity index (χ2v) is 7.07. The average molecular weight is 372 g/mol. The summed E-state index contributed by atoms with van der Waals surface area (Å²) in [6.07, 6.45) is 3.55. The summed E-state index contributed by atoms with van der Waals surface area (Å²) in [7, 11) is 0. The van der Waals surface area contributed by atoms with E-state index in [9.17, 15) is 9.59 Å². The number of rotatable bonds is 6. The van der Waals surface area contributed by atoms with Crippen LogP contribution in [0, 0.1) is 0 Å². The molecule has 0 bridgehead atoms. The number of hydrogen-bond acceptors (Lipinski definition) is 3. The summed E-state index contributed by atoms with van der Waals surface area (Å²) < 4.78 is 5.11. The normalized spacial score (nSPS) is 13.8. The minimum Gasteiger partial charge on any atom is -0.455 e. The van der Waals surface area contributed by atoms with Gasteiger partial charge in [0.15, 0.2) is 6.61 Å². The van der Waals surface area contributed by atoms with Crippen molar-refractivity contribution in [2.24, 2.45) is 0 Å². The van der Waals surface area contributed by atoms with Crippen LogP contribution in [0.15, 0.2) is 42.5 Å². The molecule has 0 fully saturated rings. The molecule has 5 heteroatoms. The van der Waals surface area contributed by atoms with E-state index < -0.39 is 5.97 Å². The maximum absolute atomic E-state index is 12.0. The van der Waals surface area contributed by atoms with Crippen molar-refractivity contribution in [1.29, 1.82) is 0 Å². The van der Waals surface area contributed by atoms with Crippen LogP contribution < -0.4 is 5.32 Å². The topological polar surface area (TPSA) is 55.4 Å². The standard InChI is InChI=1S/C21H22ClNO3/c1-14(17-5-3-7-19(22)12-17)23-20(24)13-26-21(25)11-15-8-9-16-4-2-6-18(16)10-15/h3,5,7-10,12,14H,2,4,6,11,13H2,1H3,(H,23,24)/t14-/m1/s1. The Bertz CT molecular complexity index is 819. The van der Waals surface area contributed by atoms with Crippen LogP contribution in [0.2, 0.25) is 5.02 Å². The second kappa shape index (κ2) is 8.37. The molecule has 0 unspecified atom stereocenters. The van der Waals surface area contributed by atoms with Crippen LogP contribution in [0.4, 0.5) is 0 Å². The van der Waals surface area contributed by atoms with E-state index in [1.165, 1.54) is 17.5 Å². The Balaban J connectivity index is 1.46. The molecular formula is C21H22ClNO3. The van der Waals surface area contributed by atoms with Gasteiger partial charge in [0.25, 0.3) is 5.91 Å². The number of nitrogens with one attached hydrogen (secondary N) is 1. The Kier molecular flexibility index (Phi) is 5.94. The van der Waals surface area contributed by atoms with Gasteiger partial charge in [-0.3, -0.25) is 9.59 Å². The van der Waals surface area contributed by atoms with Crippen molar-refractivity contribution in [2.45, 2.75) is 38.6 Å². The molecule has 1 N–H and O–H groups in total. The van der Waals surface area contributed by atoms with Crippen LogP contribution in [0.3, 0.4) is 0 Å². The molecule has 1 aliphatic carbocycles. The molecule has 0 spiro atoms. The number of benzene rings is 2. The molecule has 0 aliphatic heterocycles. The third-order valence-corrected chi connectivity index (χ3v) is 4.84. The van der Waals surface area contributed by atoms with E-state index in [4.69, 9.17) is 16.3 Å². The molecule has 0 saturated heterocycles. The zero-order chi connectivity index (χ0) is 18.5. The van der Waals surface area contributed by atoms with Crippen molar-refractivity contribution in [3.05, 3.63) is 69.7 Å². The van der Waals surface area contributed by atoms with E-state index in [2.05, 4.69) is 17.4 Å². The zero-order valence-corrected chi connectivity index (χ0v) is 15.5. The van der Waals surface area contributed by atoms with Gasteiger partial charge in [-0.1, -0.05) is 41.9 Å². The van der Waals surface area contributed by atoms with Gasteiger partial charge in [0.2, 0.25) is 0 Å². The highest BCUT2D eigenvalue weighted by atomic mass is 35.5. The Morgan fingerprint density at radius 1 is 1.15 bits per heavy atom. The zero-order valence-electron chi connectivity index (χ0n) is 14.8. The summed E-state index contributed by atoms with van der Waals surface area (Å²) in [6.45, 7) is 1.57. The van der Waals surface area contributed by atoms with E-state index in [0.29, 0.717) is 5.02 Å². The van der Waals surface area contributed by atoms with Gasteiger partial charge in [-0.25, -0.2) is 0 Å². The summed E-state index contributed by atoms with van der Waals surface area (Å²) >= 11 is 5.96. The molecule has 1 amide bonds. The minimum atomic E-state index is -0.395. The lowest BCUT2D eigenvalue weighted by atomic mass is 10.0. The highest BCUT2D eigenvalue weighted by Crippen LogP contribution is 2.23. The maximum atomic E-state index is 12.0. The van der Waals surface area contributed by atoms with Gasteiger partial charge in [0, 0.05) is 5.02 Å². The Labute approximate surface area is 158 Å². The lowest BCUT2D eigenvalue weighted by Gasteiger charge is -2.14. The number of fused-ring (bicyclic) bond motifs is 1. The van der Waals surface area contributed by atoms with Crippen molar-refractivity contribution in [2.75, 3.05) is 6.61 Å². The predicted molar refractivity (Wildman–Crippen MR) is 101 cm³/mol. The fourth-order valence-electron chi connectivity index (χ4n) is 3.24. The third-order valence-electron chi connectivity index (χ3n) is 4.60. The molecule has 2 aromatic carbocycles. The van der Waals surface area contributed by atoms with Gasteiger partial charge in [-0.2, -0.15) is 0 Å². The molecular weight excluding hydrogens is 350 g/mol. The quantitative estimate of drug-likeness (QED) is 0.786. The Morgan fingerprint density at radius 3 is 2.77 bits per heavy atom. The van der Waals surface area contributed by atoms with Crippen molar-refractivity contribution in [3.8, 4) is 0 Å². The SMILES string of the molecule is C[C@@H](NC(=O)COC(=O)Cc1ccc2c(c1)CCC2)c1cccc(Cl)c1. The van der Waals surface area contributed by atoms with E-state index in [0.717, 1.165) is 24.0 Å². The van der Waals surface area contributed by atoms with Crippen LogP contribution in [0.1, 0.15) is 41.6 Å². The molecule has 0 heterocycles. The lowest BCUT2D eigenvalue weighted by molar-refractivity contribution is -0.148. The van der Waals surface area contributed by atoms with Gasteiger partial charge in [-0.05, 0) is 60.6 Å². The van der Waals surface area contributed by atoms with Gasteiger partial charge < -0.3 is 10.1 Å². The molecule has 3 rings (SSSR count). The highest BCUT2D eigenvalue weighted by Gasteiger charge is 2.15. The largest absolute Gasteiger partial charge is 0.455 e. The van der Waals surface area contributed by atoms with Crippen LogP contribution in [-0.2, 0) is 33.6 Å². The van der Waals surface area contributed by atoms with Crippen LogP contribution >= 0.6 is 11.6 Å². The molecule has 0 aromatic heterocycles. The van der Waals surface area contributed by atoms with E-state index in [-0.39, 0.29) is 25.0 Å². The molecule has 1 aliphatic rings. The number of aryl methyl sites for hydroxylation is 2. The monoisotopic (exact) mass is 371 g/mol. The number of carbonyl (C=O) groups excluding carboxylic acids is 2. The number of carbonyl (C=O) groups is 2. The van der Waals surface area contributed by atoms with Crippen molar-refractivity contribution in [3.63, 3.8) is 0 Å². The number of hydrogen-bond donors (Lipinski definition) is 1.